The molecule has 0 amide bonds. The minimum atomic E-state index is 0.582. The van der Waals surface area contributed by atoms with Gasteiger partial charge in [0, 0.05) is 6.61 Å². The van der Waals surface area contributed by atoms with Crippen LogP contribution >= 0.6 is 0 Å². The van der Waals surface area contributed by atoms with Crippen molar-refractivity contribution in [1.29, 1.82) is 0 Å². The van der Waals surface area contributed by atoms with E-state index in [0.717, 1.165) is 48.0 Å². The number of hydrogen-bond acceptors (Lipinski definition) is 1. The van der Waals surface area contributed by atoms with Gasteiger partial charge in [-0.1, -0.05) is 45.1 Å². The molecule has 4 aliphatic carbocycles. The summed E-state index contributed by atoms with van der Waals surface area (Å²) in [7, 11) is 0. The number of unbranched alkanes of at least 4 members (excludes halogenated alkanes) is 1. The minimum Gasteiger partial charge on any atom is -0.378 e. The summed E-state index contributed by atoms with van der Waals surface area (Å²) in [5.74, 6) is 6.83. The quantitative estimate of drug-likeness (QED) is 0.323. The molecule has 0 saturated heterocycles. The van der Waals surface area contributed by atoms with Crippen LogP contribution in [-0.4, -0.2) is 12.7 Å². The average Bonchev–Trinajstić information content (AvgIpc) is 2.87. The van der Waals surface area contributed by atoms with Gasteiger partial charge >= 0.3 is 0 Å². The van der Waals surface area contributed by atoms with Crippen molar-refractivity contribution in [2.24, 2.45) is 41.4 Å². The molecule has 0 aromatic heterocycles. The lowest BCUT2D eigenvalue weighted by molar-refractivity contribution is -0.0192. The van der Waals surface area contributed by atoms with Crippen molar-refractivity contribution in [3.63, 3.8) is 0 Å². The summed E-state index contributed by atoms with van der Waals surface area (Å²) in [4.78, 5) is 0. The van der Waals surface area contributed by atoms with Crippen LogP contribution in [0.3, 0.4) is 0 Å². The molecular formula is C31H54O. The molecular weight excluding hydrogens is 388 g/mol. The van der Waals surface area contributed by atoms with Crippen LogP contribution in [-0.2, 0) is 4.74 Å². The highest BCUT2D eigenvalue weighted by atomic mass is 16.5. The maximum atomic E-state index is 6.52. The second-order valence-electron chi connectivity index (χ2n) is 12.5. The first-order chi connectivity index (χ1) is 15.7. The van der Waals surface area contributed by atoms with Crippen molar-refractivity contribution >= 4 is 0 Å². The zero-order valence-electron chi connectivity index (χ0n) is 21.5. The zero-order chi connectivity index (χ0) is 22.2. The van der Waals surface area contributed by atoms with Crippen LogP contribution in [0.1, 0.15) is 129 Å². The zero-order valence-corrected chi connectivity index (χ0v) is 21.5. The topological polar surface area (TPSA) is 9.23 Å². The van der Waals surface area contributed by atoms with Crippen LogP contribution in [0.5, 0.6) is 0 Å². The Kier molecular flexibility index (Phi) is 10.1. The fraction of sp³-hybridized carbons (Fsp3) is 0.935. The first kappa shape index (κ1) is 24.8. The monoisotopic (exact) mass is 442 g/mol. The smallest absolute Gasteiger partial charge is 0.0575 e. The van der Waals surface area contributed by atoms with Gasteiger partial charge in [0.15, 0.2) is 0 Å². The highest BCUT2D eigenvalue weighted by Gasteiger charge is 2.33. The summed E-state index contributed by atoms with van der Waals surface area (Å²) in [6, 6.07) is 0. The molecule has 1 nitrogen and oxygen atoms in total. The summed E-state index contributed by atoms with van der Waals surface area (Å²) in [6.45, 7) is 7.42. The molecule has 4 rings (SSSR count). The van der Waals surface area contributed by atoms with E-state index in [1.54, 1.807) is 0 Å². The molecule has 184 valence electrons. The van der Waals surface area contributed by atoms with Gasteiger partial charge < -0.3 is 4.74 Å². The molecule has 0 radical (unpaired) electrons. The van der Waals surface area contributed by atoms with Gasteiger partial charge in [-0.25, -0.2) is 0 Å². The Bertz CT molecular complexity index is 509. The summed E-state index contributed by atoms with van der Waals surface area (Å²) >= 11 is 0. The van der Waals surface area contributed by atoms with E-state index in [4.69, 9.17) is 4.74 Å². The Labute approximate surface area is 200 Å². The molecule has 32 heavy (non-hydrogen) atoms. The Morgan fingerprint density at radius 1 is 0.625 bits per heavy atom. The summed E-state index contributed by atoms with van der Waals surface area (Å²) in [6.07, 6.45) is 30.4. The van der Waals surface area contributed by atoms with Crippen LogP contribution in [0.4, 0.5) is 0 Å². The predicted octanol–water partition coefficient (Wildman–Crippen LogP) is 9.36. The summed E-state index contributed by atoms with van der Waals surface area (Å²) < 4.78 is 6.52. The van der Waals surface area contributed by atoms with Crippen molar-refractivity contribution in [1.82, 2.24) is 0 Å². The van der Waals surface area contributed by atoms with Gasteiger partial charge in [-0.2, -0.15) is 0 Å². The number of hydrogen-bond donors (Lipinski definition) is 0. The predicted molar refractivity (Wildman–Crippen MR) is 138 cm³/mol. The van der Waals surface area contributed by atoms with Gasteiger partial charge in [0.25, 0.3) is 0 Å². The van der Waals surface area contributed by atoms with Crippen LogP contribution in [0.25, 0.3) is 0 Å². The standard InChI is InChI=1S/C31H54O/c1-3-5-6-25-9-15-28(16-10-25)30-19-21-31(22-20-30)32-23-26-11-17-29(18-12-26)27-13-7-24(4-2)8-14-27/h4,24-31H,2-3,5-23H2,1H3. The molecule has 0 aromatic rings. The van der Waals surface area contributed by atoms with Gasteiger partial charge in [-0.05, 0) is 131 Å². The van der Waals surface area contributed by atoms with E-state index < -0.39 is 0 Å². The molecule has 1 heteroatoms. The van der Waals surface area contributed by atoms with Gasteiger partial charge in [0.05, 0.1) is 6.10 Å². The molecule has 0 unspecified atom stereocenters. The Morgan fingerprint density at radius 3 is 1.59 bits per heavy atom. The van der Waals surface area contributed by atoms with E-state index in [9.17, 15) is 0 Å². The highest BCUT2D eigenvalue weighted by Crippen LogP contribution is 2.43. The lowest BCUT2D eigenvalue weighted by atomic mass is 9.69. The highest BCUT2D eigenvalue weighted by molar-refractivity contribution is 4.88. The Hall–Kier alpha value is -0.300. The van der Waals surface area contributed by atoms with E-state index >= 15 is 0 Å². The summed E-state index contributed by atoms with van der Waals surface area (Å²) in [5.41, 5.74) is 0. The van der Waals surface area contributed by atoms with Crippen molar-refractivity contribution in [3.05, 3.63) is 12.7 Å². The van der Waals surface area contributed by atoms with Crippen molar-refractivity contribution in [2.75, 3.05) is 6.61 Å². The SMILES string of the molecule is C=CC1CCC(C2CCC(COC3CCC(C4CCC(CCCC)CC4)CC3)CC2)CC1. The molecule has 4 aliphatic rings. The molecule has 4 fully saturated rings. The second kappa shape index (κ2) is 13.0. The van der Waals surface area contributed by atoms with Crippen LogP contribution in [0.15, 0.2) is 12.7 Å². The lowest BCUT2D eigenvalue weighted by Gasteiger charge is -2.39. The van der Waals surface area contributed by atoms with Crippen LogP contribution < -0.4 is 0 Å². The van der Waals surface area contributed by atoms with E-state index in [-0.39, 0.29) is 0 Å². The third-order valence-corrected chi connectivity index (χ3v) is 10.5. The molecule has 0 aromatic carbocycles. The molecule has 0 N–H and O–H groups in total. The molecule has 0 aliphatic heterocycles. The second-order valence-corrected chi connectivity index (χ2v) is 12.5. The summed E-state index contributed by atoms with van der Waals surface area (Å²) in [5, 5.41) is 0. The maximum absolute atomic E-state index is 6.52. The normalized spacial score (nSPS) is 41.3. The average molecular weight is 443 g/mol. The molecule has 0 heterocycles. The largest absolute Gasteiger partial charge is 0.378 e. The van der Waals surface area contributed by atoms with E-state index in [2.05, 4.69) is 19.6 Å². The molecule has 0 bridgehead atoms. The van der Waals surface area contributed by atoms with Crippen molar-refractivity contribution < 1.29 is 4.74 Å². The van der Waals surface area contributed by atoms with E-state index in [1.165, 1.54) is 122 Å². The van der Waals surface area contributed by atoms with Crippen molar-refractivity contribution in [2.45, 2.75) is 135 Å². The Morgan fingerprint density at radius 2 is 1.09 bits per heavy atom. The lowest BCUT2D eigenvalue weighted by Crippen LogP contribution is -2.31. The third kappa shape index (κ3) is 7.10. The van der Waals surface area contributed by atoms with E-state index in [1.807, 2.05) is 0 Å². The molecule has 4 saturated carbocycles. The molecule has 0 spiro atoms. The first-order valence-electron chi connectivity index (χ1n) is 15.0. The van der Waals surface area contributed by atoms with Crippen molar-refractivity contribution in [3.8, 4) is 0 Å². The van der Waals surface area contributed by atoms with Crippen LogP contribution in [0, 0.1) is 41.4 Å². The number of ether oxygens (including phenoxy) is 1. The number of allylic oxidation sites excluding steroid dienone is 1. The third-order valence-electron chi connectivity index (χ3n) is 10.5. The first-order valence-corrected chi connectivity index (χ1v) is 15.0. The van der Waals surface area contributed by atoms with Gasteiger partial charge in [0.2, 0.25) is 0 Å². The fourth-order valence-electron chi connectivity index (χ4n) is 8.12. The number of rotatable bonds is 9. The minimum absolute atomic E-state index is 0.582. The van der Waals surface area contributed by atoms with Gasteiger partial charge in [0.1, 0.15) is 0 Å². The maximum Gasteiger partial charge on any atom is 0.0575 e. The Balaban J connectivity index is 1.07. The van der Waals surface area contributed by atoms with E-state index in [0.29, 0.717) is 6.10 Å². The van der Waals surface area contributed by atoms with Crippen LogP contribution in [0.2, 0.25) is 0 Å². The fourth-order valence-corrected chi connectivity index (χ4v) is 8.12. The molecule has 0 atom stereocenters. The van der Waals surface area contributed by atoms with Gasteiger partial charge in [-0.15, -0.1) is 6.58 Å². The van der Waals surface area contributed by atoms with Gasteiger partial charge in [-0.3, -0.25) is 0 Å².